The van der Waals surface area contributed by atoms with Crippen molar-refractivity contribution in [1.82, 2.24) is 4.72 Å². The van der Waals surface area contributed by atoms with E-state index in [0.29, 0.717) is 19.3 Å². The molecule has 7 heteroatoms. The first-order chi connectivity index (χ1) is 9.85. The zero-order valence-electron chi connectivity index (χ0n) is 11.9. The van der Waals surface area contributed by atoms with Crippen molar-refractivity contribution in [3.8, 4) is 0 Å². The Labute approximate surface area is 124 Å². The van der Waals surface area contributed by atoms with Crippen molar-refractivity contribution in [3.63, 3.8) is 0 Å². The van der Waals surface area contributed by atoms with Crippen LogP contribution in [0.15, 0.2) is 29.2 Å². The highest BCUT2D eigenvalue weighted by Crippen LogP contribution is 2.13. The molecule has 0 aliphatic heterocycles. The summed E-state index contributed by atoms with van der Waals surface area (Å²) in [4.78, 5) is 10.6. The van der Waals surface area contributed by atoms with Crippen molar-refractivity contribution >= 4 is 16.0 Å². The van der Waals surface area contributed by atoms with E-state index in [1.165, 1.54) is 12.1 Å². The summed E-state index contributed by atoms with van der Waals surface area (Å²) in [6, 6.07) is 5.93. The Morgan fingerprint density at radius 3 is 2.43 bits per heavy atom. The quantitative estimate of drug-likeness (QED) is 0.634. The van der Waals surface area contributed by atoms with E-state index in [-0.39, 0.29) is 24.0 Å². The van der Waals surface area contributed by atoms with E-state index in [2.05, 4.69) is 4.72 Å². The minimum absolute atomic E-state index is 0.0164. The maximum absolute atomic E-state index is 12.1. The van der Waals surface area contributed by atoms with Crippen LogP contribution in [0.5, 0.6) is 0 Å². The summed E-state index contributed by atoms with van der Waals surface area (Å²) < 4.78 is 26.8. The number of carboxylic acids is 1. The van der Waals surface area contributed by atoms with Crippen LogP contribution in [-0.2, 0) is 21.2 Å². The molecular weight excluding hydrogens is 294 g/mol. The van der Waals surface area contributed by atoms with E-state index in [1.807, 2.05) is 0 Å². The van der Waals surface area contributed by atoms with Crippen molar-refractivity contribution < 1.29 is 23.4 Å². The standard InChI is InChI=1S/C14H21NO5S/c1-11(3-2-10-16)15-21(19,20)13-7-4-12(5-8-13)6-9-14(17)18/h4-5,7-8,11,15-16H,2-3,6,9-10H2,1H3,(H,17,18). The monoisotopic (exact) mass is 315 g/mol. The molecule has 1 aromatic rings. The summed E-state index contributed by atoms with van der Waals surface area (Å²) in [5.41, 5.74) is 0.782. The number of carboxylic acid groups (broad SMARTS) is 1. The third kappa shape index (κ3) is 6.24. The fraction of sp³-hybridized carbons (Fsp3) is 0.500. The molecule has 0 fully saturated rings. The fourth-order valence-electron chi connectivity index (χ4n) is 1.88. The van der Waals surface area contributed by atoms with Gasteiger partial charge in [0.05, 0.1) is 4.90 Å². The van der Waals surface area contributed by atoms with Crippen LogP contribution in [0.3, 0.4) is 0 Å². The number of benzene rings is 1. The highest BCUT2D eigenvalue weighted by Gasteiger charge is 2.16. The van der Waals surface area contributed by atoms with Crippen LogP contribution in [0.1, 0.15) is 31.7 Å². The number of rotatable bonds is 9. The smallest absolute Gasteiger partial charge is 0.303 e. The number of nitrogens with one attached hydrogen (secondary N) is 1. The molecule has 118 valence electrons. The molecule has 0 spiro atoms. The van der Waals surface area contributed by atoms with Gasteiger partial charge in [-0.2, -0.15) is 0 Å². The van der Waals surface area contributed by atoms with Gasteiger partial charge in [0.1, 0.15) is 0 Å². The molecule has 1 rings (SSSR count). The molecule has 1 unspecified atom stereocenters. The van der Waals surface area contributed by atoms with Crippen LogP contribution in [0.2, 0.25) is 0 Å². The van der Waals surface area contributed by atoms with Crippen LogP contribution >= 0.6 is 0 Å². The van der Waals surface area contributed by atoms with E-state index in [4.69, 9.17) is 10.2 Å². The number of aliphatic hydroxyl groups excluding tert-OH is 1. The first-order valence-electron chi connectivity index (χ1n) is 6.79. The van der Waals surface area contributed by atoms with Gasteiger partial charge in [-0.1, -0.05) is 12.1 Å². The summed E-state index contributed by atoms with van der Waals surface area (Å²) in [7, 11) is -3.59. The Hall–Kier alpha value is -1.44. The minimum Gasteiger partial charge on any atom is -0.481 e. The molecule has 21 heavy (non-hydrogen) atoms. The molecule has 6 nitrogen and oxygen atoms in total. The average Bonchev–Trinajstić information content (AvgIpc) is 2.43. The van der Waals surface area contributed by atoms with Crippen molar-refractivity contribution in [2.75, 3.05) is 6.61 Å². The van der Waals surface area contributed by atoms with Gasteiger partial charge in [0.15, 0.2) is 0 Å². The lowest BCUT2D eigenvalue weighted by Crippen LogP contribution is -2.32. The van der Waals surface area contributed by atoms with Gasteiger partial charge in [-0.05, 0) is 43.9 Å². The second-order valence-electron chi connectivity index (χ2n) is 4.93. The summed E-state index contributed by atoms with van der Waals surface area (Å²) in [5.74, 6) is -0.883. The molecule has 0 aliphatic rings. The molecule has 1 atom stereocenters. The molecule has 0 heterocycles. The van der Waals surface area contributed by atoms with Crippen LogP contribution in [0.25, 0.3) is 0 Å². The molecule has 0 bridgehead atoms. The molecule has 0 saturated carbocycles. The molecule has 0 aliphatic carbocycles. The Balaban J connectivity index is 2.68. The first-order valence-corrected chi connectivity index (χ1v) is 8.27. The Kier molecular flexibility index (Phi) is 6.80. The minimum atomic E-state index is -3.59. The van der Waals surface area contributed by atoms with Gasteiger partial charge in [0.2, 0.25) is 10.0 Å². The van der Waals surface area contributed by atoms with Crippen LogP contribution in [-0.4, -0.2) is 37.2 Å². The van der Waals surface area contributed by atoms with Crippen LogP contribution in [0, 0.1) is 0 Å². The molecule has 1 aromatic carbocycles. The van der Waals surface area contributed by atoms with Gasteiger partial charge in [-0.25, -0.2) is 13.1 Å². The molecule has 0 aromatic heterocycles. The molecule has 0 amide bonds. The van der Waals surface area contributed by atoms with Crippen molar-refractivity contribution in [1.29, 1.82) is 0 Å². The maximum Gasteiger partial charge on any atom is 0.303 e. The van der Waals surface area contributed by atoms with Gasteiger partial charge in [0.25, 0.3) is 0 Å². The van der Waals surface area contributed by atoms with E-state index < -0.39 is 16.0 Å². The lowest BCUT2D eigenvalue weighted by molar-refractivity contribution is -0.136. The predicted octanol–water partition coefficient (Wildman–Crippen LogP) is 1.14. The zero-order valence-corrected chi connectivity index (χ0v) is 12.8. The van der Waals surface area contributed by atoms with Crippen LogP contribution in [0.4, 0.5) is 0 Å². The SMILES string of the molecule is CC(CCCO)NS(=O)(=O)c1ccc(CCC(=O)O)cc1. The first kappa shape index (κ1) is 17.6. The number of hydrogen-bond donors (Lipinski definition) is 3. The van der Waals surface area contributed by atoms with Crippen molar-refractivity contribution in [2.24, 2.45) is 0 Å². The zero-order chi connectivity index (χ0) is 15.9. The second-order valence-corrected chi connectivity index (χ2v) is 6.64. The summed E-state index contributed by atoms with van der Waals surface area (Å²) in [6.45, 7) is 1.78. The van der Waals surface area contributed by atoms with Gasteiger partial charge in [-0.15, -0.1) is 0 Å². The van der Waals surface area contributed by atoms with Crippen molar-refractivity contribution in [2.45, 2.75) is 43.5 Å². The number of aliphatic carboxylic acids is 1. The van der Waals surface area contributed by atoms with E-state index >= 15 is 0 Å². The molecular formula is C14H21NO5S. The van der Waals surface area contributed by atoms with E-state index in [0.717, 1.165) is 5.56 Å². The lowest BCUT2D eigenvalue weighted by Gasteiger charge is -2.13. The van der Waals surface area contributed by atoms with E-state index in [9.17, 15) is 13.2 Å². The number of aliphatic hydroxyl groups is 1. The molecule has 3 N–H and O–H groups in total. The second kappa shape index (κ2) is 8.11. The number of carbonyl (C=O) groups is 1. The molecule has 0 saturated heterocycles. The third-order valence-corrected chi connectivity index (χ3v) is 4.62. The highest BCUT2D eigenvalue weighted by molar-refractivity contribution is 7.89. The average molecular weight is 315 g/mol. The van der Waals surface area contributed by atoms with Gasteiger partial charge >= 0.3 is 5.97 Å². The highest BCUT2D eigenvalue weighted by atomic mass is 32.2. The van der Waals surface area contributed by atoms with Gasteiger partial charge in [0, 0.05) is 19.1 Å². The van der Waals surface area contributed by atoms with Gasteiger partial charge in [-0.3, -0.25) is 4.79 Å². The Morgan fingerprint density at radius 1 is 1.29 bits per heavy atom. The summed E-state index contributed by atoms with van der Waals surface area (Å²) in [5, 5.41) is 17.3. The maximum atomic E-state index is 12.1. The number of sulfonamides is 1. The predicted molar refractivity (Wildman–Crippen MR) is 78.5 cm³/mol. The number of aryl methyl sites for hydroxylation is 1. The van der Waals surface area contributed by atoms with Crippen molar-refractivity contribution in [3.05, 3.63) is 29.8 Å². The van der Waals surface area contributed by atoms with Gasteiger partial charge < -0.3 is 10.2 Å². The molecule has 0 radical (unpaired) electrons. The normalized spacial score (nSPS) is 13.0. The lowest BCUT2D eigenvalue weighted by atomic mass is 10.1. The third-order valence-electron chi connectivity index (χ3n) is 3.01. The summed E-state index contributed by atoms with van der Waals surface area (Å²) >= 11 is 0. The Morgan fingerprint density at radius 2 is 1.90 bits per heavy atom. The number of hydrogen-bond acceptors (Lipinski definition) is 4. The fourth-order valence-corrected chi connectivity index (χ4v) is 3.15. The summed E-state index contributed by atoms with van der Waals surface area (Å²) in [6.07, 6.45) is 1.49. The Bertz CT molecular complexity index is 553. The largest absolute Gasteiger partial charge is 0.481 e. The van der Waals surface area contributed by atoms with Crippen LogP contribution < -0.4 is 4.72 Å². The van der Waals surface area contributed by atoms with E-state index in [1.54, 1.807) is 19.1 Å². The topological polar surface area (TPSA) is 104 Å².